The SMILES string of the molecule is O=C(N/N=C/c1ccccc1O)c1csc(N2N=C(c3ccccc3)CC2c2ccc(Cl)cc2)n1. The number of thiazole rings is 1. The van der Waals surface area contributed by atoms with Gasteiger partial charge in [-0.1, -0.05) is 66.2 Å². The number of aromatic hydroxyl groups is 1. The van der Waals surface area contributed by atoms with Crippen LogP contribution in [0, 0.1) is 0 Å². The van der Waals surface area contributed by atoms with Crippen LogP contribution in [0.25, 0.3) is 0 Å². The molecule has 5 rings (SSSR count). The van der Waals surface area contributed by atoms with Crippen LogP contribution in [0.2, 0.25) is 5.02 Å². The highest BCUT2D eigenvalue weighted by atomic mass is 35.5. The second-order valence-electron chi connectivity index (χ2n) is 7.80. The van der Waals surface area contributed by atoms with Gasteiger partial charge in [0.15, 0.2) is 0 Å². The van der Waals surface area contributed by atoms with Gasteiger partial charge in [-0.2, -0.15) is 10.2 Å². The molecule has 1 aliphatic heterocycles. The molecular formula is C26H20ClN5O2S. The predicted octanol–water partition coefficient (Wildman–Crippen LogP) is 5.62. The molecule has 0 saturated carbocycles. The van der Waals surface area contributed by atoms with E-state index < -0.39 is 5.91 Å². The van der Waals surface area contributed by atoms with E-state index in [2.05, 4.69) is 15.5 Å². The standard InChI is InChI=1S/C26H20ClN5O2S/c27-20-12-10-18(11-13-20)23-14-21(17-6-2-1-3-7-17)31-32(23)26-29-22(16-35-26)25(34)30-28-15-19-8-4-5-9-24(19)33/h1-13,15-16,23,33H,14H2,(H,30,34)/b28-15+. The number of para-hydroxylation sites is 1. The summed E-state index contributed by atoms with van der Waals surface area (Å²) < 4.78 is 0. The first-order valence-electron chi connectivity index (χ1n) is 10.8. The number of carbonyl (C=O) groups excluding carboxylic acids is 1. The topological polar surface area (TPSA) is 90.2 Å². The van der Waals surface area contributed by atoms with Gasteiger partial charge in [0, 0.05) is 22.4 Å². The molecule has 7 nitrogen and oxygen atoms in total. The fraction of sp³-hybridized carbons (Fsp3) is 0.0769. The summed E-state index contributed by atoms with van der Waals surface area (Å²) >= 11 is 7.44. The van der Waals surface area contributed by atoms with E-state index in [0.29, 0.717) is 22.1 Å². The molecule has 1 aliphatic rings. The minimum atomic E-state index is -0.450. The number of nitrogens with zero attached hydrogens (tertiary/aromatic N) is 4. The molecule has 3 aromatic carbocycles. The van der Waals surface area contributed by atoms with Crippen LogP contribution in [-0.4, -0.2) is 27.9 Å². The summed E-state index contributed by atoms with van der Waals surface area (Å²) in [6.07, 6.45) is 2.07. The Kier molecular flexibility index (Phi) is 6.56. The Morgan fingerprint density at radius 1 is 1.09 bits per heavy atom. The maximum absolute atomic E-state index is 12.6. The second kappa shape index (κ2) is 10.1. The first kappa shape index (κ1) is 22.8. The van der Waals surface area contributed by atoms with Crippen LogP contribution in [-0.2, 0) is 0 Å². The summed E-state index contributed by atoms with van der Waals surface area (Å²) in [5.74, 6) is -0.371. The van der Waals surface area contributed by atoms with Gasteiger partial charge < -0.3 is 5.11 Å². The molecular weight excluding hydrogens is 482 g/mol. The van der Waals surface area contributed by atoms with Crippen molar-refractivity contribution in [2.45, 2.75) is 12.5 Å². The lowest BCUT2D eigenvalue weighted by Crippen LogP contribution is -2.20. The van der Waals surface area contributed by atoms with E-state index in [0.717, 1.165) is 16.8 Å². The third-order valence-electron chi connectivity index (χ3n) is 5.50. The zero-order valence-electron chi connectivity index (χ0n) is 18.4. The van der Waals surface area contributed by atoms with E-state index in [1.165, 1.54) is 17.6 Å². The van der Waals surface area contributed by atoms with Crippen LogP contribution >= 0.6 is 22.9 Å². The number of phenols is 1. The molecule has 1 atom stereocenters. The number of hydrogen-bond donors (Lipinski definition) is 2. The predicted molar refractivity (Wildman–Crippen MR) is 140 cm³/mol. The van der Waals surface area contributed by atoms with Gasteiger partial charge in [0.25, 0.3) is 5.91 Å². The van der Waals surface area contributed by atoms with Crippen molar-refractivity contribution in [3.8, 4) is 5.75 Å². The number of rotatable bonds is 6. The summed E-state index contributed by atoms with van der Waals surface area (Å²) in [6.45, 7) is 0. The molecule has 2 heterocycles. The highest BCUT2D eigenvalue weighted by Crippen LogP contribution is 2.38. The summed E-state index contributed by atoms with van der Waals surface area (Å²) in [5.41, 5.74) is 6.23. The van der Waals surface area contributed by atoms with Crippen LogP contribution in [0.5, 0.6) is 5.75 Å². The Morgan fingerprint density at radius 3 is 2.60 bits per heavy atom. The van der Waals surface area contributed by atoms with Gasteiger partial charge in [0.2, 0.25) is 5.13 Å². The molecule has 1 aromatic heterocycles. The Bertz CT molecular complexity index is 1400. The number of hydrazone groups is 2. The van der Waals surface area contributed by atoms with Crippen LogP contribution in [0.1, 0.15) is 39.6 Å². The van der Waals surface area contributed by atoms with E-state index in [4.69, 9.17) is 16.7 Å². The van der Waals surface area contributed by atoms with Crippen LogP contribution in [0.3, 0.4) is 0 Å². The van der Waals surface area contributed by atoms with Crippen LogP contribution in [0.4, 0.5) is 5.13 Å². The molecule has 4 aromatic rings. The number of halogens is 1. The first-order chi connectivity index (χ1) is 17.1. The minimum absolute atomic E-state index is 0.0794. The van der Waals surface area contributed by atoms with Crippen LogP contribution in [0.15, 0.2) is 94.4 Å². The van der Waals surface area contributed by atoms with Crippen molar-refractivity contribution in [1.29, 1.82) is 0 Å². The molecule has 0 fully saturated rings. The average Bonchev–Trinajstić information content (AvgIpc) is 3.54. The maximum atomic E-state index is 12.6. The van der Waals surface area contributed by atoms with Crippen LogP contribution < -0.4 is 10.4 Å². The average molecular weight is 502 g/mol. The smallest absolute Gasteiger partial charge is 0.290 e. The number of anilines is 1. The van der Waals surface area contributed by atoms with Gasteiger partial charge in [-0.15, -0.1) is 11.3 Å². The van der Waals surface area contributed by atoms with Crippen molar-refractivity contribution in [2.24, 2.45) is 10.2 Å². The van der Waals surface area contributed by atoms with Crippen molar-refractivity contribution in [2.75, 3.05) is 5.01 Å². The molecule has 1 amide bonds. The van der Waals surface area contributed by atoms with Gasteiger partial charge in [-0.25, -0.2) is 15.4 Å². The molecule has 0 radical (unpaired) electrons. The van der Waals surface area contributed by atoms with Crippen molar-refractivity contribution in [3.63, 3.8) is 0 Å². The zero-order chi connectivity index (χ0) is 24.2. The number of hydrogen-bond acceptors (Lipinski definition) is 7. The fourth-order valence-corrected chi connectivity index (χ4v) is 4.65. The van der Waals surface area contributed by atoms with Gasteiger partial charge in [0.1, 0.15) is 11.4 Å². The Hall–Kier alpha value is -4.01. The second-order valence-corrected chi connectivity index (χ2v) is 9.08. The molecule has 9 heteroatoms. The summed E-state index contributed by atoms with van der Waals surface area (Å²) in [5, 5.41) is 23.4. The van der Waals surface area contributed by atoms with Gasteiger partial charge >= 0.3 is 0 Å². The van der Waals surface area contributed by atoms with Gasteiger partial charge in [-0.3, -0.25) is 4.79 Å². The summed E-state index contributed by atoms with van der Waals surface area (Å²) in [4.78, 5) is 17.1. The van der Waals surface area contributed by atoms with Crippen molar-refractivity contribution < 1.29 is 9.90 Å². The van der Waals surface area contributed by atoms with E-state index in [-0.39, 0.29) is 17.5 Å². The maximum Gasteiger partial charge on any atom is 0.290 e. The number of amides is 1. The molecule has 0 bridgehead atoms. The van der Waals surface area contributed by atoms with E-state index >= 15 is 0 Å². The van der Waals surface area contributed by atoms with E-state index in [1.54, 1.807) is 29.6 Å². The monoisotopic (exact) mass is 501 g/mol. The summed E-state index contributed by atoms with van der Waals surface area (Å²) in [7, 11) is 0. The van der Waals surface area contributed by atoms with Crippen molar-refractivity contribution >= 4 is 45.9 Å². The quantitative estimate of drug-likeness (QED) is 0.265. The molecule has 0 spiro atoms. The molecule has 174 valence electrons. The third kappa shape index (κ3) is 5.08. The van der Waals surface area contributed by atoms with Gasteiger partial charge in [0.05, 0.1) is 18.0 Å². The normalized spacial score (nSPS) is 15.4. The number of carbonyl (C=O) groups is 1. The zero-order valence-corrected chi connectivity index (χ0v) is 19.9. The largest absolute Gasteiger partial charge is 0.507 e. The number of phenolic OH excluding ortho intramolecular Hbond substituents is 1. The lowest BCUT2D eigenvalue weighted by Gasteiger charge is -2.21. The molecule has 0 saturated heterocycles. The molecule has 35 heavy (non-hydrogen) atoms. The van der Waals surface area contributed by atoms with E-state index in [9.17, 15) is 9.90 Å². The fourth-order valence-electron chi connectivity index (χ4n) is 3.72. The number of nitrogens with one attached hydrogen (secondary N) is 1. The minimum Gasteiger partial charge on any atom is -0.507 e. The Morgan fingerprint density at radius 2 is 1.83 bits per heavy atom. The van der Waals surface area contributed by atoms with Crippen molar-refractivity contribution in [1.82, 2.24) is 10.4 Å². The molecule has 1 unspecified atom stereocenters. The first-order valence-corrected chi connectivity index (χ1v) is 12.1. The molecule has 2 N–H and O–H groups in total. The van der Waals surface area contributed by atoms with Gasteiger partial charge in [-0.05, 0) is 35.4 Å². The van der Waals surface area contributed by atoms with E-state index in [1.807, 2.05) is 59.6 Å². The Balaban J connectivity index is 1.38. The highest BCUT2D eigenvalue weighted by Gasteiger charge is 2.32. The summed E-state index contributed by atoms with van der Waals surface area (Å²) in [6, 6.07) is 24.3. The lowest BCUT2D eigenvalue weighted by atomic mass is 9.99. The number of aromatic nitrogens is 1. The lowest BCUT2D eigenvalue weighted by molar-refractivity contribution is 0.0951. The molecule has 0 aliphatic carbocycles. The van der Waals surface area contributed by atoms with Crippen molar-refractivity contribution in [3.05, 3.63) is 112 Å². The number of benzene rings is 3. The highest BCUT2D eigenvalue weighted by molar-refractivity contribution is 7.14. The Labute approximate surface area is 211 Å². The third-order valence-corrected chi connectivity index (χ3v) is 6.58.